The van der Waals surface area contributed by atoms with Crippen molar-refractivity contribution >= 4 is 42.8 Å². The van der Waals surface area contributed by atoms with E-state index in [0.29, 0.717) is 10.4 Å². The highest BCUT2D eigenvalue weighted by Gasteiger charge is 2.47. The van der Waals surface area contributed by atoms with E-state index in [-0.39, 0.29) is 37.6 Å². The summed E-state index contributed by atoms with van der Waals surface area (Å²) in [6.07, 6.45) is -0.0823. The fraction of sp³-hybridized carbons (Fsp3) is 0.250. The molecule has 0 radical (unpaired) electrons. The van der Waals surface area contributed by atoms with Gasteiger partial charge >= 0.3 is 32.4 Å². The molecule has 0 saturated heterocycles. The lowest BCUT2D eigenvalue weighted by Crippen LogP contribution is -2.67. The molecule has 0 heterocycles. The van der Waals surface area contributed by atoms with Crippen LogP contribution in [0.15, 0.2) is 110 Å². The van der Waals surface area contributed by atoms with Crippen LogP contribution in [-0.4, -0.2) is 71.1 Å². The van der Waals surface area contributed by atoms with E-state index in [4.69, 9.17) is 27.8 Å². The molecular formula is C32H36O10Si. The Morgan fingerprint density at radius 1 is 0.628 bits per heavy atom. The summed E-state index contributed by atoms with van der Waals surface area (Å²) >= 11 is 0. The van der Waals surface area contributed by atoms with Gasteiger partial charge in [0.1, 0.15) is 38.6 Å². The van der Waals surface area contributed by atoms with Crippen LogP contribution in [0.5, 0.6) is 0 Å². The Morgan fingerprint density at radius 2 is 0.953 bits per heavy atom. The summed E-state index contributed by atoms with van der Waals surface area (Å²) in [4.78, 5) is 48.5. The number of hydrogen-bond acceptors (Lipinski definition) is 10. The predicted molar refractivity (Wildman–Crippen MR) is 162 cm³/mol. The molecule has 2 unspecified atom stereocenters. The molecule has 0 aliphatic carbocycles. The Balaban J connectivity index is 2.66. The van der Waals surface area contributed by atoms with E-state index in [1.54, 1.807) is 48.5 Å². The van der Waals surface area contributed by atoms with Gasteiger partial charge < -0.3 is 27.8 Å². The van der Waals surface area contributed by atoms with E-state index in [1.165, 1.54) is 13.8 Å². The maximum atomic E-state index is 12.3. The van der Waals surface area contributed by atoms with Gasteiger partial charge in [-0.15, -0.1) is 0 Å². The van der Waals surface area contributed by atoms with Gasteiger partial charge in [0, 0.05) is 23.3 Å². The molecule has 0 aromatic heterocycles. The zero-order valence-corrected chi connectivity index (χ0v) is 25.3. The Kier molecular flexibility index (Phi) is 14.0. The number of ether oxygens (including phenoxy) is 4. The molecule has 0 aliphatic rings. The largest absolute Gasteiger partial charge is 0.460 e. The summed E-state index contributed by atoms with van der Waals surface area (Å²) in [5.74, 6) is -2.77. The predicted octanol–water partition coefficient (Wildman–Crippen LogP) is 2.71. The third-order valence-electron chi connectivity index (χ3n) is 5.63. The number of benzene rings is 2. The third kappa shape index (κ3) is 11.0. The summed E-state index contributed by atoms with van der Waals surface area (Å²) in [5.41, 5.74) is 0.326. The van der Waals surface area contributed by atoms with Crippen LogP contribution in [0.4, 0.5) is 0 Å². The normalized spacial score (nSPS) is 12.1. The van der Waals surface area contributed by atoms with Crippen LogP contribution in [-0.2, 0) is 47.0 Å². The van der Waals surface area contributed by atoms with Gasteiger partial charge in [-0.2, -0.15) is 0 Å². The fourth-order valence-electron chi connectivity index (χ4n) is 3.54. The number of esters is 4. The molecule has 0 N–H and O–H groups in total. The Morgan fingerprint density at radius 3 is 1.26 bits per heavy atom. The minimum absolute atomic E-state index is 0.163. The molecule has 228 valence electrons. The minimum atomic E-state index is -3.90. The molecular weight excluding hydrogens is 572 g/mol. The quantitative estimate of drug-likeness (QED) is 0.108. The molecule has 0 aliphatic heterocycles. The topological polar surface area (TPSA) is 124 Å². The highest BCUT2D eigenvalue weighted by Crippen LogP contribution is 2.18. The molecule has 2 aromatic rings. The average molecular weight is 609 g/mol. The summed E-state index contributed by atoms with van der Waals surface area (Å²) in [5, 5.41) is 1.22. The summed E-state index contributed by atoms with van der Waals surface area (Å²) in [6, 6.07) is 17.9. The van der Waals surface area contributed by atoms with Crippen molar-refractivity contribution in [2.75, 3.05) is 26.4 Å². The number of carbonyl (C=O) groups is 4. The third-order valence-corrected chi connectivity index (χ3v) is 9.14. The van der Waals surface area contributed by atoms with Crippen molar-refractivity contribution in [3.63, 3.8) is 0 Å². The van der Waals surface area contributed by atoms with E-state index in [0.717, 1.165) is 12.2 Å². The van der Waals surface area contributed by atoms with Crippen LogP contribution < -0.4 is 10.4 Å². The van der Waals surface area contributed by atoms with Crippen molar-refractivity contribution in [3.8, 4) is 0 Å². The van der Waals surface area contributed by atoms with Crippen LogP contribution in [0.2, 0.25) is 0 Å². The van der Waals surface area contributed by atoms with Gasteiger partial charge in [-0.05, 0) is 24.2 Å². The fourth-order valence-corrected chi connectivity index (χ4v) is 6.94. The summed E-state index contributed by atoms with van der Waals surface area (Å²) in [7, 11) is -3.90. The maximum absolute atomic E-state index is 12.3. The summed E-state index contributed by atoms with van der Waals surface area (Å²) < 4.78 is 34.8. The lowest BCUT2D eigenvalue weighted by Gasteiger charge is -2.37. The monoisotopic (exact) mass is 608 g/mol. The van der Waals surface area contributed by atoms with Crippen LogP contribution >= 0.6 is 0 Å². The van der Waals surface area contributed by atoms with Crippen molar-refractivity contribution in [1.29, 1.82) is 0 Å². The number of carbonyl (C=O) groups excluding carboxylic acids is 4. The smallest absolute Gasteiger partial charge is 0.408 e. The van der Waals surface area contributed by atoms with Gasteiger partial charge in [0.2, 0.25) is 0 Å². The first-order chi connectivity index (χ1) is 20.5. The number of hydrogen-bond donors (Lipinski definition) is 0. The van der Waals surface area contributed by atoms with E-state index in [2.05, 4.69) is 26.3 Å². The highest BCUT2D eigenvalue weighted by molar-refractivity contribution is 6.92. The zero-order valence-electron chi connectivity index (χ0n) is 24.3. The molecule has 43 heavy (non-hydrogen) atoms. The molecule has 10 nitrogen and oxygen atoms in total. The van der Waals surface area contributed by atoms with Crippen LogP contribution in [0, 0.1) is 0 Å². The Hall–Kier alpha value is -4.58. The summed E-state index contributed by atoms with van der Waals surface area (Å²) in [6.45, 7) is 15.7. The van der Waals surface area contributed by atoms with E-state index in [1.807, 2.05) is 12.1 Å². The highest BCUT2D eigenvalue weighted by atomic mass is 28.4. The standard InChI is InChI=1S/C32H36O10Si/c1-7-29(33)37-19-25(21-39-31(35)23(3)4)41-43(27-15-11-9-12-16-27,28-17-13-10-14-18-28)42-26(20-38-30(34)8-2)22-40-32(36)24(5)6/h7-18,25-26H,1-3,5,19-22H2,4,6H3. The molecule has 0 fully saturated rings. The first-order valence-electron chi connectivity index (χ1n) is 13.2. The molecule has 11 heteroatoms. The van der Waals surface area contributed by atoms with Crippen molar-refractivity contribution in [3.05, 3.63) is 110 Å². The van der Waals surface area contributed by atoms with Gasteiger partial charge in [0.15, 0.2) is 0 Å². The van der Waals surface area contributed by atoms with Crippen molar-refractivity contribution in [1.82, 2.24) is 0 Å². The van der Waals surface area contributed by atoms with E-state index < -0.39 is 44.6 Å². The van der Waals surface area contributed by atoms with Gasteiger partial charge in [-0.3, -0.25) is 0 Å². The molecule has 2 aromatic carbocycles. The SMILES string of the molecule is C=CC(=O)OCC(COC(=O)C(=C)C)O[Si](OC(COC(=O)C=C)COC(=O)C(=C)C)(c1ccccc1)c1ccccc1. The second kappa shape index (κ2) is 17.4. The Labute approximate surface area is 252 Å². The lowest BCUT2D eigenvalue weighted by molar-refractivity contribution is -0.147. The molecule has 2 rings (SSSR count). The van der Waals surface area contributed by atoms with Gasteiger partial charge in [-0.1, -0.05) is 87.0 Å². The average Bonchev–Trinajstić information content (AvgIpc) is 3.02. The van der Waals surface area contributed by atoms with Crippen LogP contribution in [0.25, 0.3) is 0 Å². The molecule has 0 saturated carbocycles. The van der Waals surface area contributed by atoms with Crippen molar-refractivity contribution in [2.45, 2.75) is 26.1 Å². The first kappa shape index (κ1) is 34.6. The lowest BCUT2D eigenvalue weighted by atomic mass is 10.3. The molecule has 0 amide bonds. The van der Waals surface area contributed by atoms with E-state index >= 15 is 0 Å². The van der Waals surface area contributed by atoms with Crippen molar-refractivity contribution in [2.24, 2.45) is 0 Å². The van der Waals surface area contributed by atoms with Crippen LogP contribution in [0.1, 0.15) is 13.8 Å². The molecule has 2 atom stereocenters. The van der Waals surface area contributed by atoms with Gasteiger partial charge in [-0.25, -0.2) is 19.2 Å². The van der Waals surface area contributed by atoms with Gasteiger partial charge in [0.05, 0.1) is 0 Å². The Bertz CT molecular complexity index is 1200. The van der Waals surface area contributed by atoms with Gasteiger partial charge in [0.25, 0.3) is 0 Å². The van der Waals surface area contributed by atoms with Crippen molar-refractivity contribution < 1.29 is 47.0 Å². The van der Waals surface area contributed by atoms with E-state index in [9.17, 15) is 19.2 Å². The molecule has 0 bridgehead atoms. The van der Waals surface area contributed by atoms with Crippen LogP contribution in [0.3, 0.4) is 0 Å². The first-order valence-corrected chi connectivity index (χ1v) is 15.0. The second-order valence-electron chi connectivity index (χ2n) is 9.25. The minimum Gasteiger partial charge on any atom is -0.460 e. The number of rotatable bonds is 18. The molecule has 0 spiro atoms. The maximum Gasteiger partial charge on any atom is 0.408 e. The second-order valence-corrected chi connectivity index (χ2v) is 12.1. The zero-order chi connectivity index (χ0) is 31.8.